The first-order valence-corrected chi connectivity index (χ1v) is 12.7. The van der Waals surface area contributed by atoms with Crippen molar-refractivity contribution in [2.45, 2.75) is 55.0 Å². The molecule has 0 spiro atoms. The van der Waals surface area contributed by atoms with E-state index in [9.17, 15) is 14.9 Å². The molecule has 1 aliphatic heterocycles. The highest BCUT2D eigenvalue weighted by molar-refractivity contribution is 8.00. The maximum absolute atomic E-state index is 12.8. The summed E-state index contributed by atoms with van der Waals surface area (Å²) in [4.78, 5) is 37.6. The van der Waals surface area contributed by atoms with E-state index in [4.69, 9.17) is 4.42 Å². The third-order valence-corrected chi connectivity index (χ3v) is 7.44. The zero-order chi connectivity index (χ0) is 24.3. The van der Waals surface area contributed by atoms with Gasteiger partial charge in [-0.25, -0.2) is 15.0 Å². The lowest BCUT2D eigenvalue weighted by atomic mass is 9.94. The molecule has 10 nitrogen and oxygen atoms in total. The van der Waals surface area contributed by atoms with Crippen molar-refractivity contribution in [3.05, 3.63) is 58.2 Å². The number of carbonyl (C=O) groups is 1. The lowest BCUT2D eigenvalue weighted by molar-refractivity contribution is -0.385. The van der Waals surface area contributed by atoms with E-state index in [2.05, 4.69) is 41.0 Å². The quantitative estimate of drug-likeness (QED) is 0.277. The predicted octanol–water partition coefficient (Wildman–Crippen LogP) is 4.74. The van der Waals surface area contributed by atoms with Gasteiger partial charge in [0.1, 0.15) is 17.7 Å². The SMILES string of the molecule is CC(C)(C)c1cnc(CSc2cnc(N[C@@H]3CCCN(C(=O)c4ccc([N+](=O)[O-])cn4)C3)s2)o1. The molecule has 34 heavy (non-hydrogen) atoms. The molecule has 4 rings (SSSR count). The van der Waals surface area contributed by atoms with Crippen molar-refractivity contribution in [1.29, 1.82) is 0 Å². The Balaban J connectivity index is 1.30. The Morgan fingerprint density at radius 2 is 2.12 bits per heavy atom. The van der Waals surface area contributed by atoms with Crippen LogP contribution in [0.1, 0.15) is 55.8 Å². The third-order valence-electron chi connectivity index (χ3n) is 5.33. The minimum Gasteiger partial charge on any atom is -0.444 e. The van der Waals surface area contributed by atoms with Gasteiger partial charge < -0.3 is 14.6 Å². The molecule has 1 aliphatic rings. The highest BCUT2D eigenvalue weighted by Gasteiger charge is 2.26. The minimum atomic E-state index is -0.531. The van der Waals surface area contributed by atoms with E-state index < -0.39 is 4.92 Å². The minimum absolute atomic E-state index is 0.0682. The van der Waals surface area contributed by atoms with Crippen LogP contribution in [0.15, 0.2) is 39.3 Å². The standard InChI is InChI=1S/C22H26N6O4S2/c1-22(2,3)17-10-24-18(32-17)13-33-19-11-25-21(34-19)26-14-5-4-8-27(12-14)20(29)16-7-6-15(9-23-16)28(30)31/h6-7,9-11,14H,4-5,8,12-13H2,1-3H3,(H,25,26)/t14-/m1/s1. The molecule has 3 aromatic rings. The van der Waals surface area contributed by atoms with Gasteiger partial charge in [-0.3, -0.25) is 14.9 Å². The lowest BCUT2D eigenvalue weighted by Gasteiger charge is -2.32. The van der Waals surface area contributed by atoms with Crippen LogP contribution in [0.4, 0.5) is 10.8 Å². The molecule has 0 bridgehead atoms. The second kappa shape index (κ2) is 10.1. The molecule has 180 valence electrons. The number of pyridine rings is 1. The van der Waals surface area contributed by atoms with Crippen LogP contribution in [0.5, 0.6) is 0 Å². The number of thiazole rings is 1. The predicted molar refractivity (Wildman–Crippen MR) is 130 cm³/mol. The highest BCUT2D eigenvalue weighted by atomic mass is 32.2. The molecular weight excluding hydrogens is 476 g/mol. The molecule has 3 aromatic heterocycles. The van der Waals surface area contributed by atoms with Crippen molar-refractivity contribution in [3.63, 3.8) is 0 Å². The van der Waals surface area contributed by atoms with Gasteiger partial charge in [-0.05, 0) is 18.9 Å². The summed E-state index contributed by atoms with van der Waals surface area (Å²) >= 11 is 3.19. The number of nitrogens with one attached hydrogen (secondary N) is 1. The molecule has 1 fully saturated rings. The molecule has 1 saturated heterocycles. The molecule has 4 heterocycles. The molecule has 0 aromatic carbocycles. The van der Waals surface area contributed by atoms with Crippen molar-refractivity contribution in [2.24, 2.45) is 0 Å². The normalized spacial score (nSPS) is 16.4. The molecule has 0 aliphatic carbocycles. The van der Waals surface area contributed by atoms with Crippen molar-refractivity contribution >= 4 is 39.8 Å². The molecule has 1 N–H and O–H groups in total. The number of nitrogens with zero attached hydrogens (tertiary/aromatic N) is 5. The van der Waals surface area contributed by atoms with Crippen molar-refractivity contribution in [3.8, 4) is 0 Å². The smallest absolute Gasteiger partial charge is 0.287 e. The van der Waals surface area contributed by atoms with E-state index in [1.807, 2.05) is 6.20 Å². The van der Waals surface area contributed by atoms with Gasteiger partial charge in [0.05, 0.1) is 27.3 Å². The van der Waals surface area contributed by atoms with E-state index in [0.717, 1.165) is 34.1 Å². The van der Waals surface area contributed by atoms with E-state index in [1.165, 1.54) is 12.1 Å². The summed E-state index contributed by atoms with van der Waals surface area (Å²) < 4.78 is 6.90. The van der Waals surface area contributed by atoms with Gasteiger partial charge in [0, 0.05) is 30.6 Å². The Morgan fingerprint density at radius 1 is 1.29 bits per heavy atom. The van der Waals surface area contributed by atoms with Crippen LogP contribution in [-0.2, 0) is 11.2 Å². The van der Waals surface area contributed by atoms with Crippen LogP contribution >= 0.6 is 23.1 Å². The van der Waals surface area contributed by atoms with E-state index in [0.29, 0.717) is 24.7 Å². The number of likely N-dealkylation sites (tertiary alicyclic amines) is 1. The monoisotopic (exact) mass is 502 g/mol. The molecule has 0 radical (unpaired) electrons. The van der Waals surface area contributed by atoms with Crippen LogP contribution in [0, 0.1) is 10.1 Å². The summed E-state index contributed by atoms with van der Waals surface area (Å²) in [5.41, 5.74) is 0.00590. The number of aromatic nitrogens is 3. The highest BCUT2D eigenvalue weighted by Crippen LogP contribution is 2.32. The largest absolute Gasteiger partial charge is 0.444 e. The van der Waals surface area contributed by atoms with Crippen LogP contribution in [-0.4, -0.2) is 49.8 Å². The fraction of sp³-hybridized carbons (Fsp3) is 0.455. The third kappa shape index (κ3) is 5.92. The first-order chi connectivity index (χ1) is 16.2. The first-order valence-electron chi connectivity index (χ1n) is 10.9. The number of oxazole rings is 1. The van der Waals surface area contributed by atoms with Gasteiger partial charge in [0.15, 0.2) is 5.13 Å². The van der Waals surface area contributed by atoms with Gasteiger partial charge in [-0.1, -0.05) is 32.1 Å². The topological polar surface area (TPSA) is 127 Å². The average molecular weight is 503 g/mol. The zero-order valence-electron chi connectivity index (χ0n) is 19.2. The average Bonchev–Trinajstić information content (AvgIpc) is 3.47. The second-order valence-corrected chi connectivity index (χ2v) is 11.3. The summed E-state index contributed by atoms with van der Waals surface area (Å²) in [6, 6.07) is 2.78. The maximum Gasteiger partial charge on any atom is 0.287 e. The van der Waals surface area contributed by atoms with E-state index in [-0.39, 0.29) is 28.7 Å². The molecular formula is C22H26N6O4S2. The number of piperidine rings is 1. The summed E-state index contributed by atoms with van der Waals surface area (Å²) in [5, 5.41) is 15.0. The van der Waals surface area contributed by atoms with Gasteiger partial charge in [-0.2, -0.15) is 0 Å². The number of amides is 1. The fourth-order valence-electron chi connectivity index (χ4n) is 3.49. The van der Waals surface area contributed by atoms with Crippen molar-refractivity contribution in [2.75, 3.05) is 18.4 Å². The van der Waals surface area contributed by atoms with Crippen molar-refractivity contribution in [1.82, 2.24) is 19.9 Å². The summed E-state index contributed by atoms with van der Waals surface area (Å²) in [7, 11) is 0. The molecule has 12 heteroatoms. The number of anilines is 1. The Kier molecular flexibility index (Phi) is 7.17. The number of hydrogen-bond donors (Lipinski definition) is 1. The van der Waals surface area contributed by atoms with Crippen LogP contribution in [0.3, 0.4) is 0 Å². The number of hydrogen-bond acceptors (Lipinski definition) is 10. The van der Waals surface area contributed by atoms with E-state index in [1.54, 1.807) is 34.2 Å². The molecule has 0 unspecified atom stereocenters. The summed E-state index contributed by atoms with van der Waals surface area (Å²) in [6.45, 7) is 7.42. The van der Waals surface area contributed by atoms with Crippen LogP contribution < -0.4 is 5.32 Å². The van der Waals surface area contributed by atoms with E-state index >= 15 is 0 Å². The fourth-order valence-corrected chi connectivity index (χ4v) is 5.29. The Morgan fingerprint density at radius 3 is 2.79 bits per heavy atom. The van der Waals surface area contributed by atoms with Crippen LogP contribution in [0.2, 0.25) is 0 Å². The molecule has 1 atom stereocenters. The van der Waals surface area contributed by atoms with Gasteiger partial charge >= 0.3 is 0 Å². The Hall–Kier alpha value is -2.99. The van der Waals surface area contributed by atoms with Gasteiger partial charge in [0.2, 0.25) is 5.89 Å². The van der Waals surface area contributed by atoms with Crippen molar-refractivity contribution < 1.29 is 14.1 Å². The number of carbonyl (C=O) groups excluding carboxylic acids is 1. The van der Waals surface area contributed by atoms with Gasteiger partial charge in [-0.15, -0.1) is 11.8 Å². The Labute approximate surface area is 205 Å². The maximum atomic E-state index is 12.8. The zero-order valence-corrected chi connectivity index (χ0v) is 20.8. The molecule has 0 saturated carbocycles. The Bertz CT molecular complexity index is 1150. The number of rotatable bonds is 7. The first kappa shape index (κ1) is 24.1. The van der Waals surface area contributed by atoms with Crippen LogP contribution in [0.25, 0.3) is 0 Å². The lowest BCUT2D eigenvalue weighted by Crippen LogP contribution is -2.45. The van der Waals surface area contributed by atoms with Gasteiger partial charge in [0.25, 0.3) is 11.6 Å². The molecule has 1 amide bonds. The summed E-state index contributed by atoms with van der Waals surface area (Å²) in [6.07, 6.45) is 6.51. The number of nitro groups is 1. The second-order valence-electron chi connectivity index (χ2n) is 9.03. The summed E-state index contributed by atoms with van der Waals surface area (Å²) in [5.74, 6) is 1.97. The number of thioether (sulfide) groups is 1.